The summed E-state index contributed by atoms with van der Waals surface area (Å²) >= 11 is 1.73. The molecule has 108 valence electrons. The summed E-state index contributed by atoms with van der Waals surface area (Å²) in [5, 5.41) is 3.41. The van der Waals surface area contributed by atoms with E-state index in [1.807, 2.05) is 0 Å². The molecule has 1 aromatic rings. The second kappa shape index (κ2) is 6.19. The molecule has 0 bridgehead atoms. The fourth-order valence-corrected chi connectivity index (χ4v) is 4.08. The summed E-state index contributed by atoms with van der Waals surface area (Å²) in [5.74, 6) is 3.25. The number of carbonyl (C=O) groups is 1. The van der Waals surface area contributed by atoms with Gasteiger partial charge in [-0.15, -0.1) is 11.8 Å². The van der Waals surface area contributed by atoms with Crippen LogP contribution in [0.2, 0.25) is 0 Å². The highest BCUT2D eigenvalue weighted by molar-refractivity contribution is 7.99. The molecule has 1 N–H and O–H groups in total. The van der Waals surface area contributed by atoms with Gasteiger partial charge in [0.15, 0.2) is 0 Å². The maximum atomic E-state index is 12.2. The van der Waals surface area contributed by atoms with Gasteiger partial charge < -0.3 is 10.2 Å². The molecule has 3 nitrogen and oxygen atoms in total. The number of likely N-dealkylation sites (tertiary alicyclic amines) is 1. The van der Waals surface area contributed by atoms with Gasteiger partial charge in [-0.1, -0.05) is 29.8 Å². The summed E-state index contributed by atoms with van der Waals surface area (Å²) in [5.41, 5.74) is 2.60. The zero-order chi connectivity index (χ0) is 13.9. The van der Waals surface area contributed by atoms with E-state index in [1.54, 1.807) is 11.8 Å². The standard InChI is InChI=1S/C16H22N2OS/c1-12-3-2-4-13(5-12)10-20-11-16(19)18-8-14-6-17-7-15(14)9-18/h2-5,14-15,17H,6-11H2,1H3/t14-,15+. The van der Waals surface area contributed by atoms with Gasteiger partial charge in [-0.05, 0) is 24.3 Å². The molecule has 2 aliphatic rings. The Morgan fingerprint density at radius 1 is 1.35 bits per heavy atom. The number of nitrogens with zero attached hydrogens (tertiary/aromatic N) is 1. The van der Waals surface area contributed by atoms with Crippen molar-refractivity contribution in [1.82, 2.24) is 10.2 Å². The van der Waals surface area contributed by atoms with Gasteiger partial charge in [0.2, 0.25) is 5.91 Å². The summed E-state index contributed by atoms with van der Waals surface area (Å²) in [7, 11) is 0. The normalized spacial score (nSPS) is 24.9. The van der Waals surface area contributed by atoms with Crippen molar-refractivity contribution in [3.05, 3.63) is 35.4 Å². The minimum atomic E-state index is 0.317. The highest BCUT2D eigenvalue weighted by atomic mass is 32.2. The Bertz CT molecular complexity index is 479. The van der Waals surface area contributed by atoms with Gasteiger partial charge in [0, 0.05) is 31.9 Å². The molecular weight excluding hydrogens is 268 g/mol. The minimum absolute atomic E-state index is 0.317. The van der Waals surface area contributed by atoms with Gasteiger partial charge in [-0.3, -0.25) is 4.79 Å². The van der Waals surface area contributed by atoms with Crippen molar-refractivity contribution in [2.45, 2.75) is 12.7 Å². The van der Waals surface area contributed by atoms with Crippen molar-refractivity contribution in [3.63, 3.8) is 0 Å². The third-order valence-corrected chi connectivity index (χ3v) is 5.31. The van der Waals surface area contributed by atoms with E-state index in [0.29, 0.717) is 23.5 Å². The van der Waals surface area contributed by atoms with Crippen LogP contribution in [0.5, 0.6) is 0 Å². The van der Waals surface area contributed by atoms with E-state index in [4.69, 9.17) is 0 Å². The number of benzene rings is 1. The molecule has 0 radical (unpaired) electrons. The molecular formula is C16H22N2OS. The molecule has 2 atom stereocenters. The molecule has 2 heterocycles. The summed E-state index contributed by atoms with van der Waals surface area (Å²) < 4.78 is 0. The van der Waals surface area contributed by atoms with Crippen LogP contribution in [0.25, 0.3) is 0 Å². The second-order valence-electron chi connectivity index (χ2n) is 5.96. The zero-order valence-corrected chi connectivity index (χ0v) is 12.8. The van der Waals surface area contributed by atoms with Gasteiger partial charge in [-0.25, -0.2) is 0 Å². The van der Waals surface area contributed by atoms with Crippen molar-refractivity contribution in [1.29, 1.82) is 0 Å². The summed E-state index contributed by atoms with van der Waals surface area (Å²) in [4.78, 5) is 14.3. The quantitative estimate of drug-likeness (QED) is 0.919. The number of thioether (sulfide) groups is 1. The SMILES string of the molecule is Cc1cccc(CSCC(=O)N2C[C@H]3CNC[C@H]3C2)c1. The Labute approximate surface area is 125 Å². The van der Waals surface area contributed by atoms with Crippen LogP contribution in [0.1, 0.15) is 11.1 Å². The van der Waals surface area contributed by atoms with Crippen molar-refractivity contribution < 1.29 is 4.79 Å². The molecule has 1 amide bonds. The number of carbonyl (C=O) groups excluding carboxylic acids is 1. The Morgan fingerprint density at radius 3 is 2.80 bits per heavy atom. The topological polar surface area (TPSA) is 32.3 Å². The Kier molecular flexibility index (Phi) is 4.32. The Hall–Kier alpha value is -1.00. The molecule has 20 heavy (non-hydrogen) atoms. The number of hydrogen-bond acceptors (Lipinski definition) is 3. The van der Waals surface area contributed by atoms with Crippen molar-refractivity contribution >= 4 is 17.7 Å². The van der Waals surface area contributed by atoms with E-state index in [9.17, 15) is 4.79 Å². The van der Waals surface area contributed by atoms with Crippen LogP contribution in [0, 0.1) is 18.8 Å². The van der Waals surface area contributed by atoms with Crippen LogP contribution < -0.4 is 5.32 Å². The predicted molar refractivity (Wildman–Crippen MR) is 83.8 cm³/mol. The average molecular weight is 290 g/mol. The third kappa shape index (κ3) is 3.18. The molecule has 0 saturated carbocycles. The summed E-state index contributed by atoms with van der Waals surface area (Å²) in [6, 6.07) is 8.53. The zero-order valence-electron chi connectivity index (χ0n) is 12.0. The van der Waals surface area contributed by atoms with E-state index in [0.717, 1.165) is 31.9 Å². The lowest BCUT2D eigenvalue weighted by atomic mass is 10.0. The van der Waals surface area contributed by atoms with Crippen LogP contribution in [0.15, 0.2) is 24.3 Å². The fourth-order valence-electron chi connectivity index (χ4n) is 3.21. The number of fused-ring (bicyclic) bond motifs is 1. The van der Waals surface area contributed by atoms with E-state index in [2.05, 4.69) is 41.4 Å². The molecule has 0 aromatic heterocycles. The summed E-state index contributed by atoms with van der Waals surface area (Å²) in [6.07, 6.45) is 0. The monoisotopic (exact) mass is 290 g/mol. The number of nitrogens with one attached hydrogen (secondary N) is 1. The first-order valence-electron chi connectivity index (χ1n) is 7.34. The smallest absolute Gasteiger partial charge is 0.232 e. The van der Waals surface area contributed by atoms with E-state index < -0.39 is 0 Å². The fraction of sp³-hybridized carbons (Fsp3) is 0.562. The van der Waals surface area contributed by atoms with E-state index in [-0.39, 0.29) is 0 Å². The number of aryl methyl sites for hydroxylation is 1. The number of amides is 1. The first-order valence-corrected chi connectivity index (χ1v) is 8.49. The van der Waals surface area contributed by atoms with Crippen LogP contribution in [-0.4, -0.2) is 42.7 Å². The molecule has 1 aromatic carbocycles. The lowest BCUT2D eigenvalue weighted by Gasteiger charge is -2.17. The lowest BCUT2D eigenvalue weighted by molar-refractivity contribution is -0.127. The van der Waals surface area contributed by atoms with Crippen molar-refractivity contribution in [2.24, 2.45) is 11.8 Å². The molecule has 4 heteroatoms. The van der Waals surface area contributed by atoms with Crippen molar-refractivity contribution in [3.8, 4) is 0 Å². The predicted octanol–water partition coefficient (Wildman–Crippen LogP) is 1.91. The minimum Gasteiger partial charge on any atom is -0.341 e. The molecule has 2 saturated heterocycles. The van der Waals surface area contributed by atoms with Gasteiger partial charge in [0.1, 0.15) is 0 Å². The molecule has 2 aliphatic heterocycles. The van der Waals surface area contributed by atoms with Crippen molar-refractivity contribution in [2.75, 3.05) is 31.9 Å². The number of rotatable bonds is 4. The van der Waals surface area contributed by atoms with Crippen LogP contribution in [-0.2, 0) is 10.5 Å². The Morgan fingerprint density at radius 2 is 2.10 bits per heavy atom. The maximum Gasteiger partial charge on any atom is 0.232 e. The third-order valence-electron chi connectivity index (χ3n) is 4.32. The molecule has 3 rings (SSSR count). The second-order valence-corrected chi connectivity index (χ2v) is 6.94. The largest absolute Gasteiger partial charge is 0.341 e. The van der Waals surface area contributed by atoms with Gasteiger partial charge in [-0.2, -0.15) is 0 Å². The lowest BCUT2D eigenvalue weighted by Crippen LogP contribution is -2.33. The molecule has 0 aliphatic carbocycles. The van der Waals surface area contributed by atoms with Crippen LogP contribution in [0.3, 0.4) is 0 Å². The van der Waals surface area contributed by atoms with Gasteiger partial charge >= 0.3 is 0 Å². The number of hydrogen-bond donors (Lipinski definition) is 1. The molecule has 0 spiro atoms. The molecule has 2 fully saturated rings. The van der Waals surface area contributed by atoms with Crippen LogP contribution in [0.4, 0.5) is 0 Å². The highest BCUT2D eigenvalue weighted by Crippen LogP contribution is 2.27. The Balaban J connectivity index is 1.43. The van der Waals surface area contributed by atoms with Crippen LogP contribution >= 0.6 is 11.8 Å². The molecule has 0 unspecified atom stereocenters. The van der Waals surface area contributed by atoms with Gasteiger partial charge in [0.05, 0.1) is 5.75 Å². The van der Waals surface area contributed by atoms with Gasteiger partial charge in [0.25, 0.3) is 0 Å². The first kappa shape index (κ1) is 14.0. The van der Waals surface area contributed by atoms with E-state index in [1.165, 1.54) is 11.1 Å². The summed E-state index contributed by atoms with van der Waals surface area (Å²) in [6.45, 7) is 6.20. The highest BCUT2D eigenvalue weighted by Gasteiger charge is 2.37. The average Bonchev–Trinajstić information content (AvgIpc) is 2.99. The maximum absolute atomic E-state index is 12.2. The van der Waals surface area contributed by atoms with E-state index >= 15 is 0 Å². The first-order chi connectivity index (χ1) is 9.72.